The van der Waals surface area contributed by atoms with E-state index < -0.39 is 17.1 Å². The number of thiol groups is 1. The molecule has 1 aliphatic carbocycles. The molecule has 0 aromatic carbocycles. The molecular formula is C17H31BN3O5PS. The van der Waals surface area contributed by atoms with E-state index in [4.69, 9.17) is 7.50 Å². The minimum absolute atomic E-state index is 0.0230. The first-order valence-electron chi connectivity index (χ1n) is 10.4. The highest BCUT2D eigenvalue weighted by Gasteiger charge is 2.44. The Balaban J connectivity index is 0.00000103. The van der Waals surface area contributed by atoms with Gasteiger partial charge >= 0.3 is 5.69 Å². The molecule has 1 saturated carbocycles. The van der Waals surface area contributed by atoms with Gasteiger partial charge in [-0.15, -0.1) is 0 Å². The predicted molar refractivity (Wildman–Crippen MR) is 117 cm³/mol. The van der Waals surface area contributed by atoms with Crippen LogP contribution < -0.4 is 4.74 Å². The topological polar surface area (TPSA) is 119 Å². The second kappa shape index (κ2) is 12.6. The van der Waals surface area contributed by atoms with Crippen molar-refractivity contribution in [1.82, 2.24) is 9.97 Å². The quantitative estimate of drug-likeness (QED) is 0.136. The van der Waals surface area contributed by atoms with Gasteiger partial charge in [0.05, 0.1) is 11.0 Å². The van der Waals surface area contributed by atoms with Crippen LogP contribution in [0, 0.1) is 35.8 Å². The highest BCUT2D eigenvalue weighted by molar-refractivity contribution is 8.20. The van der Waals surface area contributed by atoms with E-state index in [2.05, 4.69) is 43.6 Å². The fourth-order valence-electron chi connectivity index (χ4n) is 3.76. The third-order valence-electron chi connectivity index (χ3n) is 4.84. The summed E-state index contributed by atoms with van der Waals surface area (Å²) in [5.41, 5.74) is 0.00489. The summed E-state index contributed by atoms with van der Waals surface area (Å²) in [6.07, 6.45) is 2.42. The Labute approximate surface area is 177 Å². The summed E-state index contributed by atoms with van der Waals surface area (Å²) in [6.45, 7) is 5.59. The normalized spacial score (nSPS) is 24.6. The lowest BCUT2D eigenvalue weighted by atomic mass is 9.97. The summed E-state index contributed by atoms with van der Waals surface area (Å²) in [5, 5.41) is 26.5. The lowest BCUT2D eigenvalue weighted by molar-refractivity contribution is -0.387. The SMILES string of the molecule is [2H]B(P)S.[3H]OCCCC1C[C@H](CCC)[C@@H](Oc2nc(C)nc(C)c2[N+](=O)[O-])[C@H]1O. The zero-order valence-electron chi connectivity index (χ0n) is 18.6. The maximum absolute atomic E-state index is 11.4. The van der Waals surface area contributed by atoms with E-state index in [0.717, 1.165) is 25.7 Å². The molecule has 5 atom stereocenters. The Morgan fingerprint density at radius 2 is 2.18 bits per heavy atom. The van der Waals surface area contributed by atoms with Gasteiger partial charge in [0.1, 0.15) is 17.6 Å². The van der Waals surface area contributed by atoms with Gasteiger partial charge in [-0.3, -0.25) is 10.1 Å². The molecule has 11 heteroatoms. The summed E-state index contributed by atoms with van der Waals surface area (Å²) >= 11 is 3.60. The Bertz CT molecular complexity index is 692. The van der Waals surface area contributed by atoms with Gasteiger partial charge in [-0.2, -0.15) is 14.1 Å². The Kier molecular flexibility index (Phi) is 9.77. The van der Waals surface area contributed by atoms with Crippen LogP contribution in [0.1, 0.15) is 50.5 Å². The van der Waals surface area contributed by atoms with Crippen molar-refractivity contribution in [3.8, 4) is 5.88 Å². The van der Waals surface area contributed by atoms with Crippen molar-refractivity contribution in [3.63, 3.8) is 0 Å². The van der Waals surface area contributed by atoms with Crippen molar-refractivity contribution in [2.24, 2.45) is 11.8 Å². The number of hydrogen-bond donors (Lipinski definition) is 3. The van der Waals surface area contributed by atoms with E-state index in [9.17, 15) is 15.2 Å². The summed E-state index contributed by atoms with van der Waals surface area (Å²) in [7, 11) is 2.19. The van der Waals surface area contributed by atoms with Crippen LogP contribution in [0.4, 0.5) is 5.69 Å². The lowest BCUT2D eigenvalue weighted by Gasteiger charge is -2.23. The van der Waals surface area contributed by atoms with Crippen LogP contribution in [0.25, 0.3) is 0 Å². The Morgan fingerprint density at radius 3 is 2.75 bits per heavy atom. The highest BCUT2D eigenvalue weighted by Crippen LogP contribution is 2.40. The van der Waals surface area contributed by atoms with Crippen LogP contribution in [-0.2, 0) is 0 Å². The first-order chi connectivity index (χ1) is 14.1. The first kappa shape index (κ1) is 21.7. The molecule has 1 aromatic heterocycles. The van der Waals surface area contributed by atoms with Crippen molar-refractivity contribution in [2.45, 2.75) is 65.1 Å². The number of nitrogens with zero attached hydrogens (tertiary/aromatic N) is 3. The molecule has 0 bridgehead atoms. The van der Waals surface area contributed by atoms with Gasteiger partial charge in [0.15, 0.2) is 0 Å². The minimum Gasteiger partial charge on any atom is -0.466 e. The van der Waals surface area contributed by atoms with Crippen molar-refractivity contribution >= 4 is 33.5 Å². The number of aliphatic hydroxyl groups excluding tert-OH is 2. The van der Waals surface area contributed by atoms with Crippen molar-refractivity contribution in [3.05, 3.63) is 21.6 Å². The largest absolute Gasteiger partial charge is 0.466 e. The molecule has 2 rings (SSSR count). The van der Waals surface area contributed by atoms with Crippen molar-refractivity contribution in [2.75, 3.05) is 6.61 Å². The highest BCUT2D eigenvalue weighted by atomic mass is 32.1. The number of ether oxygens (including phenoxy) is 1. The molecule has 0 saturated heterocycles. The van der Waals surface area contributed by atoms with Gasteiger partial charge in [-0.05, 0) is 52.7 Å². The molecule has 0 radical (unpaired) electrons. The number of nitro groups is 1. The maximum atomic E-state index is 11.4. The molecule has 2 unspecified atom stereocenters. The van der Waals surface area contributed by atoms with E-state index in [-0.39, 0.29) is 35.3 Å². The van der Waals surface area contributed by atoms with Crippen molar-refractivity contribution in [1.29, 1.82) is 2.77 Å². The van der Waals surface area contributed by atoms with Gasteiger partial charge in [-0.25, -0.2) is 17.5 Å². The molecule has 0 aliphatic heterocycles. The molecule has 28 heavy (non-hydrogen) atoms. The smallest absolute Gasteiger partial charge is 0.351 e. The number of rotatable bonds is 9. The minimum atomic E-state index is -0.729. The van der Waals surface area contributed by atoms with Crippen LogP contribution >= 0.6 is 21.6 Å². The van der Waals surface area contributed by atoms with Gasteiger partial charge in [0, 0.05) is 6.61 Å². The third-order valence-corrected chi connectivity index (χ3v) is 4.84. The monoisotopic (exact) mass is 434 g/mol. The third kappa shape index (κ3) is 6.83. The summed E-state index contributed by atoms with van der Waals surface area (Å²) in [5.74, 6) is 0.453. The summed E-state index contributed by atoms with van der Waals surface area (Å²) < 4.78 is 19.1. The van der Waals surface area contributed by atoms with E-state index in [0.29, 0.717) is 18.9 Å². The summed E-state index contributed by atoms with van der Waals surface area (Å²) in [4.78, 5) is 19.0. The van der Waals surface area contributed by atoms with E-state index >= 15 is 0 Å². The molecule has 0 spiro atoms. The molecular weight excluding hydrogens is 400 g/mol. The second-order valence-electron chi connectivity index (χ2n) is 6.88. The van der Waals surface area contributed by atoms with E-state index in [1.807, 2.05) is 0 Å². The lowest BCUT2D eigenvalue weighted by Crippen LogP contribution is -2.34. The maximum Gasteiger partial charge on any atom is 0.351 e. The standard InChI is InChI=1S/C17H27N3O5.BH4PS/c1-4-6-13-9-12(7-5-8-21)15(22)16(13)25-17-14(20(23)24)10(2)18-11(3)19-17;2-1-3/h12-13,15-16,21-22H,4-9H2,1-3H3;1,3H,2H2/t12?,13-,15-,16+;/m0./s1/i21T;1D. The average molecular weight is 434 g/mol. The molecule has 1 fully saturated rings. The molecule has 2 N–H and O–H groups in total. The molecule has 1 aliphatic rings. The van der Waals surface area contributed by atoms with Gasteiger partial charge in [0.2, 0.25) is 7.67 Å². The number of aliphatic hydroxyl groups is 2. The van der Waals surface area contributed by atoms with Crippen LogP contribution in [-0.4, -0.2) is 52.9 Å². The fourth-order valence-corrected chi connectivity index (χ4v) is 3.76. The zero-order chi connectivity index (χ0) is 22.8. The number of aryl methyl sites for hydroxylation is 2. The molecule has 8 nitrogen and oxygen atoms in total. The Morgan fingerprint density at radius 1 is 1.50 bits per heavy atom. The van der Waals surface area contributed by atoms with Crippen LogP contribution in [0.2, 0.25) is 0 Å². The zero-order valence-corrected chi connectivity index (χ0v) is 18.6. The second-order valence-corrected chi connectivity index (χ2v) is 8.07. The Hall–Kier alpha value is -0.955. The van der Waals surface area contributed by atoms with E-state index in [1.165, 1.54) is 0 Å². The molecule has 1 aromatic rings. The van der Waals surface area contributed by atoms with E-state index in [1.54, 1.807) is 13.8 Å². The predicted octanol–water partition coefficient (Wildman–Crippen LogP) is 2.38. The van der Waals surface area contributed by atoms with Gasteiger partial charge in [-0.1, -0.05) is 13.3 Å². The van der Waals surface area contributed by atoms with Crippen LogP contribution in [0.15, 0.2) is 0 Å². The van der Waals surface area contributed by atoms with Crippen LogP contribution in [0.5, 0.6) is 5.88 Å². The fraction of sp³-hybridized carbons (Fsp3) is 0.765. The molecule has 0 amide bonds. The average Bonchev–Trinajstić information content (AvgIpc) is 2.90. The van der Waals surface area contributed by atoms with Crippen LogP contribution in [0.3, 0.4) is 0 Å². The van der Waals surface area contributed by atoms with Gasteiger partial charge < -0.3 is 15.0 Å². The summed E-state index contributed by atoms with van der Waals surface area (Å²) in [6, 6.07) is 0. The molecule has 158 valence electrons. The van der Waals surface area contributed by atoms with Gasteiger partial charge in [0.25, 0.3) is 5.88 Å². The number of aromatic nitrogens is 2. The van der Waals surface area contributed by atoms with Crippen molar-refractivity contribution < 1.29 is 19.9 Å². The number of hydrogen-bond acceptors (Lipinski definition) is 8. The first-order valence-corrected chi connectivity index (χ1v) is 10.6. The molecule has 1 heterocycles.